The van der Waals surface area contributed by atoms with Crippen molar-refractivity contribution in [2.45, 2.75) is 18.7 Å². The van der Waals surface area contributed by atoms with Gasteiger partial charge in [0.1, 0.15) is 5.75 Å². The number of benzene rings is 3. The van der Waals surface area contributed by atoms with Crippen molar-refractivity contribution in [2.24, 2.45) is 0 Å². The Morgan fingerprint density at radius 2 is 1.82 bits per heavy atom. The molecular weight excluding hydrogens is 448 g/mol. The first kappa shape index (κ1) is 22.5. The van der Waals surface area contributed by atoms with Crippen LogP contribution in [0.4, 0.5) is 14.5 Å². The number of alkyl halides is 2. The molecule has 0 radical (unpaired) electrons. The second-order valence-corrected chi connectivity index (χ2v) is 7.95. The van der Waals surface area contributed by atoms with Crippen molar-refractivity contribution in [2.75, 3.05) is 23.0 Å². The zero-order valence-electron chi connectivity index (χ0n) is 17.7. The average molecular weight is 470 g/mol. The number of nitrogens with two attached hydrogens (primary N) is 1. The van der Waals surface area contributed by atoms with Gasteiger partial charge in [-0.2, -0.15) is 8.78 Å². The third-order valence-corrected chi connectivity index (χ3v) is 5.93. The Hall–Kier alpha value is -3.66. The van der Waals surface area contributed by atoms with E-state index in [4.69, 9.17) is 5.84 Å². The molecule has 0 bridgehead atoms. The molecule has 10 heteroatoms. The van der Waals surface area contributed by atoms with Gasteiger partial charge in [0.05, 0.1) is 11.4 Å². The molecule has 0 aliphatic carbocycles. The van der Waals surface area contributed by atoms with Crippen molar-refractivity contribution in [1.29, 1.82) is 0 Å². The Bertz CT molecular complexity index is 1260. The summed E-state index contributed by atoms with van der Waals surface area (Å²) in [5.74, 6) is 6.54. The van der Waals surface area contributed by atoms with Crippen molar-refractivity contribution in [3.05, 3.63) is 66.7 Å². The molecule has 1 aromatic heterocycles. The molecule has 4 aromatic rings. The molecule has 1 amide bonds. The van der Waals surface area contributed by atoms with E-state index < -0.39 is 6.61 Å². The first-order valence-corrected chi connectivity index (χ1v) is 11.1. The fraction of sp³-hybridized carbons (Fsp3) is 0.174. The number of amides is 1. The molecule has 33 heavy (non-hydrogen) atoms. The lowest BCUT2D eigenvalue weighted by Crippen LogP contribution is -2.32. The molecule has 0 saturated heterocycles. The minimum absolute atomic E-state index is 0.0325. The maximum absolute atomic E-state index is 13.0. The van der Waals surface area contributed by atoms with Gasteiger partial charge in [0, 0.05) is 17.5 Å². The molecule has 3 aromatic carbocycles. The predicted molar refractivity (Wildman–Crippen MR) is 125 cm³/mol. The molecule has 0 spiro atoms. The second kappa shape index (κ2) is 9.86. The molecule has 1 heterocycles. The van der Waals surface area contributed by atoms with Crippen LogP contribution in [0.15, 0.2) is 71.9 Å². The van der Waals surface area contributed by atoms with Gasteiger partial charge in [-0.3, -0.25) is 4.79 Å². The van der Waals surface area contributed by atoms with Crippen LogP contribution < -0.4 is 15.5 Å². The lowest BCUT2D eigenvalue weighted by atomic mass is 10.1. The molecule has 2 N–H and O–H groups in total. The van der Waals surface area contributed by atoms with E-state index in [2.05, 4.69) is 14.9 Å². The summed E-state index contributed by atoms with van der Waals surface area (Å²) < 4.78 is 30.3. The van der Waals surface area contributed by atoms with Crippen LogP contribution in [0.3, 0.4) is 0 Å². The summed E-state index contributed by atoms with van der Waals surface area (Å²) in [4.78, 5) is 14.8. The van der Waals surface area contributed by atoms with E-state index in [1.165, 1.54) is 28.6 Å². The van der Waals surface area contributed by atoms with Crippen LogP contribution in [-0.2, 0) is 4.79 Å². The number of carbonyl (C=O) groups is 1. The Kier molecular flexibility index (Phi) is 6.74. The van der Waals surface area contributed by atoms with E-state index in [-0.39, 0.29) is 17.4 Å². The van der Waals surface area contributed by atoms with Crippen LogP contribution in [-0.4, -0.2) is 39.7 Å². The van der Waals surface area contributed by atoms with E-state index in [9.17, 15) is 13.6 Å². The summed E-state index contributed by atoms with van der Waals surface area (Å²) in [5.41, 5.74) is 1.43. The van der Waals surface area contributed by atoms with E-state index in [1.807, 2.05) is 49.4 Å². The number of hydrogen-bond acceptors (Lipinski definition) is 6. The van der Waals surface area contributed by atoms with E-state index >= 15 is 0 Å². The summed E-state index contributed by atoms with van der Waals surface area (Å²) in [6, 6.07) is 19.7. The van der Waals surface area contributed by atoms with Gasteiger partial charge in [-0.25, -0.2) is 4.68 Å². The van der Waals surface area contributed by atoms with Crippen LogP contribution in [0.2, 0.25) is 0 Å². The van der Waals surface area contributed by atoms with E-state index in [0.29, 0.717) is 23.1 Å². The zero-order valence-corrected chi connectivity index (χ0v) is 18.5. The Balaban J connectivity index is 1.48. The minimum Gasteiger partial charge on any atom is -0.435 e. The Labute approximate surface area is 193 Å². The molecule has 0 fully saturated rings. The van der Waals surface area contributed by atoms with Gasteiger partial charge in [0.15, 0.2) is 5.82 Å². The molecule has 0 atom stereocenters. The number of hydrogen-bond donors (Lipinski definition) is 1. The van der Waals surface area contributed by atoms with Gasteiger partial charge in [0.25, 0.3) is 0 Å². The molecule has 0 saturated carbocycles. The fourth-order valence-electron chi connectivity index (χ4n) is 3.49. The first-order chi connectivity index (χ1) is 16.0. The first-order valence-electron chi connectivity index (χ1n) is 10.1. The summed E-state index contributed by atoms with van der Waals surface area (Å²) in [5, 5.41) is 10.6. The monoisotopic (exact) mass is 469 g/mol. The number of nitrogens with zero attached hydrogens (tertiary/aromatic N) is 4. The normalized spacial score (nSPS) is 11.2. The topological polar surface area (TPSA) is 86.3 Å². The molecule has 0 unspecified atom stereocenters. The maximum Gasteiger partial charge on any atom is 0.387 e. The second-order valence-electron chi connectivity index (χ2n) is 7.00. The van der Waals surface area contributed by atoms with Crippen LogP contribution in [0.1, 0.15) is 6.92 Å². The van der Waals surface area contributed by atoms with Crippen LogP contribution in [0.25, 0.3) is 22.2 Å². The van der Waals surface area contributed by atoms with Crippen LogP contribution in [0.5, 0.6) is 5.75 Å². The highest BCUT2D eigenvalue weighted by molar-refractivity contribution is 7.99. The van der Waals surface area contributed by atoms with Gasteiger partial charge in [-0.1, -0.05) is 48.2 Å². The van der Waals surface area contributed by atoms with Gasteiger partial charge in [0.2, 0.25) is 11.1 Å². The number of halogens is 2. The summed E-state index contributed by atoms with van der Waals surface area (Å²) >= 11 is 1.18. The van der Waals surface area contributed by atoms with E-state index in [1.54, 1.807) is 17.0 Å². The number of carbonyl (C=O) groups excluding carboxylic acids is 1. The minimum atomic E-state index is -2.90. The number of aromatic nitrogens is 3. The van der Waals surface area contributed by atoms with Crippen molar-refractivity contribution < 1.29 is 18.3 Å². The smallest absolute Gasteiger partial charge is 0.387 e. The number of anilines is 1. The van der Waals surface area contributed by atoms with E-state index in [0.717, 1.165) is 16.5 Å². The molecule has 7 nitrogen and oxygen atoms in total. The summed E-state index contributed by atoms with van der Waals surface area (Å²) in [7, 11) is 0. The van der Waals surface area contributed by atoms with Crippen molar-refractivity contribution in [1.82, 2.24) is 14.9 Å². The Morgan fingerprint density at radius 1 is 1.09 bits per heavy atom. The number of ether oxygens (including phenoxy) is 1. The number of fused-ring (bicyclic) bond motifs is 1. The lowest BCUT2D eigenvalue weighted by molar-refractivity contribution is -0.116. The molecule has 4 rings (SSSR count). The Morgan fingerprint density at radius 3 is 2.55 bits per heavy atom. The van der Waals surface area contributed by atoms with Gasteiger partial charge in [-0.15, -0.1) is 10.2 Å². The number of rotatable bonds is 8. The highest BCUT2D eigenvalue weighted by Gasteiger charge is 2.19. The quantitative estimate of drug-likeness (QED) is 0.301. The largest absolute Gasteiger partial charge is 0.435 e. The average Bonchev–Trinajstić information content (AvgIpc) is 3.18. The third kappa shape index (κ3) is 4.90. The molecule has 0 aliphatic heterocycles. The summed E-state index contributed by atoms with van der Waals surface area (Å²) in [6.45, 7) is -0.456. The van der Waals surface area contributed by atoms with Gasteiger partial charge < -0.3 is 15.5 Å². The predicted octanol–water partition coefficient (Wildman–Crippen LogP) is 4.56. The molecule has 0 aliphatic rings. The van der Waals surface area contributed by atoms with Gasteiger partial charge in [-0.05, 0) is 42.6 Å². The maximum atomic E-state index is 13.0. The van der Waals surface area contributed by atoms with Crippen molar-refractivity contribution in [3.63, 3.8) is 0 Å². The lowest BCUT2D eigenvalue weighted by Gasteiger charge is -2.22. The molecular formula is C23H21F2N5O2S. The van der Waals surface area contributed by atoms with Crippen LogP contribution >= 0.6 is 11.8 Å². The highest BCUT2D eigenvalue weighted by Crippen LogP contribution is 2.28. The van der Waals surface area contributed by atoms with Crippen molar-refractivity contribution in [3.8, 4) is 17.1 Å². The van der Waals surface area contributed by atoms with Crippen molar-refractivity contribution >= 4 is 34.1 Å². The highest BCUT2D eigenvalue weighted by atomic mass is 32.2. The summed E-state index contributed by atoms with van der Waals surface area (Å²) in [6.07, 6.45) is 0. The van der Waals surface area contributed by atoms with Crippen LogP contribution in [0, 0.1) is 0 Å². The zero-order chi connectivity index (χ0) is 23.4. The SMILES string of the molecule is CCN(C(=O)CSc1nnc(-c2ccc(OC(F)F)cc2)n1N)c1cccc2ccccc12. The standard InChI is InChI=1S/C23H21F2N5O2S/c1-2-29(19-9-5-7-15-6-3-4-8-18(15)19)20(31)14-33-23-28-27-21(30(23)26)16-10-12-17(13-11-16)32-22(24)25/h3-13,22H,2,14,26H2,1H3. The van der Waals surface area contributed by atoms with Gasteiger partial charge >= 0.3 is 6.61 Å². The molecule has 170 valence electrons. The number of thioether (sulfide) groups is 1. The fourth-order valence-corrected chi connectivity index (χ4v) is 4.22. The third-order valence-electron chi connectivity index (χ3n) is 5.00. The number of nitrogen functional groups attached to an aromatic ring is 1.